The average Bonchev–Trinajstić information content (AvgIpc) is 2.18. The quantitative estimate of drug-likeness (QED) is 0.603. The van der Waals surface area contributed by atoms with Gasteiger partial charge in [-0.05, 0) is 0 Å². The summed E-state index contributed by atoms with van der Waals surface area (Å²) in [6.07, 6.45) is -0.880. The molecule has 5 nitrogen and oxygen atoms in total. The molecule has 0 aromatic heterocycles. The Kier molecular flexibility index (Phi) is 2.80. The minimum absolute atomic E-state index is 0.206. The van der Waals surface area contributed by atoms with Crippen LogP contribution in [-0.4, -0.2) is 50.2 Å². The minimum atomic E-state index is -0.521. The van der Waals surface area contributed by atoms with Gasteiger partial charge in [-0.1, -0.05) is 0 Å². The van der Waals surface area contributed by atoms with Gasteiger partial charge in [0.1, 0.15) is 19.0 Å². The van der Waals surface area contributed by atoms with Crippen molar-refractivity contribution in [2.45, 2.75) is 31.0 Å². The molecule has 2 rings (SSSR count). The van der Waals surface area contributed by atoms with E-state index in [-0.39, 0.29) is 25.3 Å². The molecule has 0 spiro atoms. The Morgan fingerprint density at radius 2 is 2.31 bits per heavy atom. The second-order valence-electron chi connectivity index (χ2n) is 3.26. The molecule has 0 aromatic carbocycles. The molecule has 2 aliphatic rings. The van der Waals surface area contributed by atoms with Crippen LogP contribution in [0.2, 0.25) is 0 Å². The summed E-state index contributed by atoms with van der Waals surface area (Å²) in [4.78, 5) is 0. The van der Waals surface area contributed by atoms with Crippen molar-refractivity contribution in [3.8, 4) is 0 Å². The fraction of sp³-hybridized carbons (Fsp3) is 1.00. The number of methoxy groups -OCH3 is 1. The zero-order valence-electron chi connectivity index (χ0n) is 7.51. The van der Waals surface area contributed by atoms with E-state index in [1.54, 1.807) is 7.11 Å². The summed E-state index contributed by atoms with van der Waals surface area (Å²) in [6, 6.07) is 0. The van der Waals surface area contributed by atoms with Crippen LogP contribution in [0.25, 0.3) is 0 Å². The second kappa shape index (κ2) is 3.89. The third-order valence-electron chi connectivity index (χ3n) is 2.40. The van der Waals surface area contributed by atoms with E-state index >= 15 is 0 Å². The molecule has 76 valence electrons. The highest BCUT2D eigenvalue weighted by Gasteiger charge is 2.40. The van der Waals surface area contributed by atoms with E-state index in [0.29, 0.717) is 13.0 Å². The Bertz CT molecular complexity index is 174. The molecule has 0 amide bonds. The van der Waals surface area contributed by atoms with Crippen LogP contribution in [0.3, 0.4) is 0 Å². The molecule has 2 unspecified atom stereocenters. The van der Waals surface area contributed by atoms with Crippen LogP contribution in [0.1, 0.15) is 6.42 Å². The van der Waals surface area contributed by atoms with Crippen molar-refractivity contribution >= 4 is 0 Å². The predicted octanol–water partition coefficient (Wildman–Crippen LogP) is -0.518. The molecule has 0 saturated carbocycles. The number of aliphatic hydroxyl groups excluding tert-OH is 1. The van der Waals surface area contributed by atoms with Crippen LogP contribution in [0.5, 0.6) is 0 Å². The first kappa shape index (κ1) is 9.36. The van der Waals surface area contributed by atoms with Gasteiger partial charge in [0, 0.05) is 13.5 Å². The third kappa shape index (κ3) is 1.84. The van der Waals surface area contributed by atoms with E-state index in [2.05, 4.69) is 0 Å². The lowest BCUT2D eigenvalue weighted by molar-refractivity contribution is -0.303. The van der Waals surface area contributed by atoms with E-state index in [1.807, 2.05) is 0 Å². The molecule has 2 aliphatic heterocycles. The van der Waals surface area contributed by atoms with Crippen molar-refractivity contribution in [1.29, 1.82) is 0 Å². The molecule has 1 N–H and O–H groups in total. The number of rotatable bonds is 1. The number of ether oxygens (including phenoxy) is 4. The van der Waals surface area contributed by atoms with Crippen molar-refractivity contribution in [2.75, 3.05) is 20.5 Å². The highest BCUT2D eigenvalue weighted by Crippen LogP contribution is 2.25. The molecule has 2 fully saturated rings. The largest absolute Gasteiger partial charge is 0.390 e. The van der Waals surface area contributed by atoms with Crippen LogP contribution in [0.15, 0.2) is 0 Å². The summed E-state index contributed by atoms with van der Waals surface area (Å²) >= 11 is 0. The minimum Gasteiger partial charge on any atom is -0.390 e. The fourth-order valence-corrected chi connectivity index (χ4v) is 1.70. The Hall–Kier alpha value is -0.200. The van der Waals surface area contributed by atoms with Gasteiger partial charge in [-0.2, -0.15) is 0 Å². The maximum atomic E-state index is 9.67. The molecular weight excluding hydrogens is 176 g/mol. The maximum Gasteiger partial charge on any atom is 0.160 e. The van der Waals surface area contributed by atoms with Gasteiger partial charge >= 0.3 is 0 Å². The van der Waals surface area contributed by atoms with Gasteiger partial charge in [0.25, 0.3) is 0 Å². The first-order valence-electron chi connectivity index (χ1n) is 4.37. The average molecular weight is 190 g/mol. The molecule has 13 heavy (non-hydrogen) atoms. The number of hydrogen-bond donors (Lipinski definition) is 1. The highest BCUT2D eigenvalue weighted by atomic mass is 16.7. The van der Waals surface area contributed by atoms with Crippen molar-refractivity contribution in [3.05, 3.63) is 0 Å². The Labute approximate surface area is 76.5 Å². The first-order chi connectivity index (χ1) is 6.31. The standard InChI is InChI=1S/C8H14O5/c1-10-7-2-5(9)8-6(13-7)3-11-4-12-8/h5-9H,2-4H2,1H3/t5?,6?,7-,8-/m0/s1. The summed E-state index contributed by atoms with van der Waals surface area (Å²) in [5, 5.41) is 9.67. The smallest absolute Gasteiger partial charge is 0.160 e. The number of fused-ring (bicyclic) bond motifs is 1. The maximum absolute atomic E-state index is 9.67. The number of hydrogen-bond acceptors (Lipinski definition) is 5. The summed E-state index contributed by atoms with van der Waals surface area (Å²) in [5.41, 5.74) is 0. The fourth-order valence-electron chi connectivity index (χ4n) is 1.70. The SMILES string of the molecule is CO[C@@H]1CC(O)[C@@H]2OCOCC2O1. The zero-order chi connectivity index (χ0) is 9.26. The van der Waals surface area contributed by atoms with E-state index < -0.39 is 6.10 Å². The monoisotopic (exact) mass is 190 g/mol. The van der Waals surface area contributed by atoms with Crippen LogP contribution in [-0.2, 0) is 18.9 Å². The van der Waals surface area contributed by atoms with Gasteiger partial charge in [0.05, 0.1) is 12.7 Å². The van der Waals surface area contributed by atoms with E-state index in [0.717, 1.165) is 0 Å². The molecule has 2 saturated heterocycles. The lowest BCUT2D eigenvalue weighted by Gasteiger charge is -2.41. The molecule has 4 atom stereocenters. The topological polar surface area (TPSA) is 57.2 Å². The summed E-state index contributed by atoms with van der Waals surface area (Å²) in [7, 11) is 1.56. The van der Waals surface area contributed by atoms with Crippen molar-refractivity contribution < 1.29 is 24.1 Å². The molecule has 0 aromatic rings. The van der Waals surface area contributed by atoms with Crippen LogP contribution in [0, 0.1) is 0 Å². The van der Waals surface area contributed by atoms with Crippen LogP contribution in [0.4, 0.5) is 0 Å². The molecule has 0 radical (unpaired) electrons. The third-order valence-corrected chi connectivity index (χ3v) is 2.40. The molecule has 0 aliphatic carbocycles. The normalized spacial score (nSPS) is 45.7. The van der Waals surface area contributed by atoms with E-state index in [1.165, 1.54) is 0 Å². The summed E-state index contributed by atoms with van der Waals surface area (Å²) < 4.78 is 20.8. The van der Waals surface area contributed by atoms with Crippen molar-refractivity contribution in [2.24, 2.45) is 0 Å². The van der Waals surface area contributed by atoms with Gasteiger partial charge in [-0.15, -0.1) is 0 Å². The van der Waals surface area contributed by atoms with Crippen molar-refractivity contribution in [1.82, 2.24) is 0 Å². The lowest BCUT2D eigenvalue weighted by Crippen LogP contribution is -2.54. The van der Waals surface area contributed by atoms with Gasteiger partial charge in [0.15, 0.2) is 6.29 Å². The molecule has 0 bridgehead atoms. The Balaban J connectivity index is 1.99. The van der Waals surface area contributed by atoms with Gasteiger partial charge < -0.3 is 24.1 Å². The lowest BCUT2D eigenvalue weighted by atomic mass is 10.0. The first-order valence-corrected chi connectivity index (χ1v) is 4.37. The summed E-state index contributed by atoms with van der Waals surface area (Å²) in [5.74, 6) is 0. The van der Waals surface area contributed by atoms with Crippen LogP contribution < -0.4 is 0 Å². The van der Waals surface area contributed by atoms with Gasteiger partial charge in [-0.25, -0.2) is 0 Å². The Morgan fingerprint density at radius 3 is 3.08 bits per heavy atom. The Morgan fingerprint density at radius 1 is 1.46 bits per heavy atom. The van der Waals surface area contributed by atoms with Gasteiger partial charge in [-0.3, -0.25) is 0 Å². The predicted molar refractivity (Wildman–Crippen MR) is 42.0 cm³/mol. The summed E-state index contributed by atoms with van der Waals surface area (Å²) in [6.45, 7) is 0.695. The van der Waals surface area contributed by atoms with E-state index in [4.69, 9.17) is 18.9 Å². The highest BCUT2D eigenvalue weighted by molar-refractivity contribution is 4.85. The second-order valence-corrected chi connectivity index (χ2v) is 3.26. The molecule has 2 heterocycles. The zero-order valence-corrected chi connectivity index (χ0v) is 7.51. The van der Waals surface area contributed by atoms with E-state index in [9.17, 15) is 5.11 Å². The number of aliphatic hydroxyl groups is 1. The van der Waals surface area contributed by atoms with Gasteiger partial charge in [0.2, 0.25) is 0 Å². The van der Waals surface area contributed by atoms with Crippen LogP contribution >= 0.6 is 0 Å². The molecular formula is C8H14O5. The van der Waals surface area contributed by atoms with Crippen molar-refractivity contribution in [3.63, 3.8) is 0 Å². The molecule has 5 heteroatoms.